The lowest BCUT2D eigenvalue weighted by Crippen LogP contribution is -2.20. The van der Waals surface area contributed by atoms with Gasteiger partial charge in [0.15, 0.2) is 9.84 Å². The highest BCUT2D eigenvalue weighted by atomic mass is 32.2. The van der Waals surface area contributed by atoms with Crippen LogP contribution in [-0.4, -0.2) is 42.9 Å². The number of sulfone groups is 1. The van der Waals surface area contributed by atoms with Gasteiger partial charge < -0.3 is 10.4 Å². The Morgan fingerprint density at radius 2 is 2.19 bits per heavy atom. The molecule has 1 heterocycles. The van der Waals surface area contributed by atoms with Crippen molar-refractivity contribution in [1.82, 2.24) is 5.32 Å². The molecule has 4 nitrogen and oxygen atoms in total. The van der Waals surface area contributed by atoms with Crippen molar-refractivity contribution in [2.24, 2.45) is 0 Å². The number of aliphatic hydroxyl groups excluding tert-OH is 1. The fraction of sp³-hybridized carbons (Fsp3) is 0.600. The van der Waals surface area contributed by atoms with E-state index in [0.717, 1.165) is 17.9 Å². The molecule has 3 atom stereocenters. The van der Waals surface area contributed by atoms with Crippen molar-refractivity contribution in [3.63, 3.8) is 0 Å². The second-order valence-electron chi connectivity index (χ2n) is 5.55. The molecule has 1 aromatic carbocycles. The first kappa shape index (κ1) is 16.8. The predicted octanol–water partition coefficient (Wildman–Crippen LogP) is 2.00. The first-order valence-electron chi connectivity index (χ1n) is 7.30. The van der Waals surface area contributed by atoms with Crippen LogP contribution in [0.15, 0.2) is 29.2 Å². The van der Waals surface area contributed by atoms with E-state index in [1.807, 2.05) is 12.1 Å². The van der Waals surface area contributed by atoms with Crippen LogP contribution in [0.1, 0.15) is 31.9 Å². The first-order valence-corrected chi connectivity index (χ1v) is 10.00. The number of hydrogen-bond donors (Lipinski definition) is 2. The fourth-order valence-corrected chi connectivity index (χ4v) is 6.01. The zero-order valence-corrected chi connectivity index (χ0v) is 14.1. The predicted molar refractivity (Wildman–Crippen MR) is 87.5 cm³/mol. The second-order valence-corrected chi connectivity index (χ2v) is 9.02. The third-order valence-corrected chi connectivity index (χ3v) is 6.86. The van der Waals surface area contributed by atoms with Gasteiger partial charge in [0.05, 0.1) is 22.9 Å². The minimum absolute atomic E-state index is 0.0622. The largest absolute Gasteiger partial charge is 0.391 e. The van der Waals surface area contributed by atoms with E-state index >= 15 is 0 Å². The molecule has 3 unspecified atom stereocenters. The van der Waals surface area contributed by atoms with Gasteiger partial charge in [0.25, 0.3) is 0 Å². The molecule has 1 aliphatic heterocycles. The average molecular weight is 329 g/mol. The molecule has 0 radical (unpaired) electrons. The van der Waals surface area contributed by atoms with Gasteiger partial charge in [-0.05, 0) is 37.6 Å². The number of rotatable bonds is 6. The van der Waals surface area contributed by atoms with Crippen LogP contribution in [0.5, 0.6) is 0 Å². The Labute approximate surface area is 131 Å². The molecule has 1 aliphatic rings. The maximum Gasteiger partial charge on any atom is 0.154 e. The third kappa shape index (κ3) is 4.71. The van der Waals surface area contributed by atoms with Crippen LogP contribution in [0.3, 0.4) is 0 Å². The van der Waals surface area contributed by atoms with Crippen molar-refractivity contribution in [3.8, 4) is 0 Å². The van der Waals surface area contributed by atoms with Crippen LogP contribution < -0.4 is 5.32 Å². The van der Waals surface area contributed by atoms with Gasteiger partial charge in [0, 0.05) is 10.9 Å². The minimum atomic E-state index is -3.09. The second kappa shape index (κ2) is 7.13. The van der Waals surface area contributed by atoms with Crippen molar-refractivity contribution in [2.45, 2.75) is 42.6 Å². The smallest absolute Gasteiger partial charge is 0.154 e. The topological polar surface area (TPSA) is 66.4 Å². The molecule has 118 valence electrons. The summed E-state index contributed by atoms with van der Waals surface area (Å²) in [5.41, 5.74) is 1.18. The molecule has 2 rings (SSSR count). The summed E-state index contributed by atoms with van der Waals surface area (Å²) in [5.74, 6) is -0.0501. The zero-order valence-electron chi connectivity index (χ0n) is 12.5. The number of aliphatic hydroxyl groups is 1. The Balaban J connectivity index is 2.04. The molecule has 1 saturated heterocycles. The molecule has 1 aromatic rings. The SMILES string of the molecule is CCCNC(C)c1cccc(SC2CS(=O)(=O)CC2O)c1. The van der Waals surface area contributed by atoms with Crippen molar-refractivity contribution in [3.05, 3.63) is 29.8 Å². The number of thioether (sulfide) groups is 1. The standard InChI is InChI=1S/C15H23NO3S2/c1-3-7-16-11(2)12-5-4-6-13(8-12)20-15-10-21(18,19)9-14(15)17/h4-6,8,11,14-17H,3,7,9-10H2,1-2H3. The summed E-state index contributed by atoms with van der Waals surface area (Å²) in [5, 5.41) is 13.0. The average Bonchev–Trinajstić information content (AvgIpc) is 2.69. The highest BCUT2D eigenvalue weighted by Gasteiger charge is 2.36. The lowest BCUT2D eigenvalue weighted by Gasteiger charge is -2.16. The van der Waals surface area contributed by atoms with Gasteiger partial charge in [-0.1, -0.05) is 19.1 Å². The van der Waals surface area contributed by atoms with E-state index < -0.39 is 15.9 Å². The summed E-state index contributed by atoms with van der Waals surface area (Å²) >= 11 is 1.46. The quantitative estimate of drug-likeness (QED) is 0.835. The Hall–Kier alpha value is -0.560. The van der Waals surface area contributed by atoms with Gasteiger partial charge in [0.2, 0.25) is 0 Å². The first-order chi connectivity index (χ1) is 9.91. The lowest BCUT2D eigenvalue weighted by molar-refractivity contribution is 0.207. The summed E-state index contributed by atoms with van der Waals surface area (Å²) in [7, 11) is -3.09. The molecular formula is C15H23NO3S2. The molecule has 21 heavy (non-hydrogen) atoms. The van der Waals surface area contributed by atoms with Crippen LogP contribution in [0, 0.1) is 0 Å². The summed E-state index contributed by atoms with van der Waals surface area (Å²) in [4.78, 5) is 1.01. The third-order valence-electron chi connectivity index (χ3n) is 3.62. The van der Waals surface area contributed by atoms with Crippen molar-refractivity contribution in [1.29, 1.82) is 0 Å². The monoisotopic (exact) mass is 329 g/mol. The number of benzene rings is 1. The molecule has 0 saturated carbocycles. The molecule has 6 heteroatoms. The Morgan fingerprint density at radius 3 is 2.81 bits per heavy atom. The van der Waals surface area contributed by atoms with Crippen LogP contribution >= 0.6 is 11.8 Å². The van der Waals surface area contributed by atoms with E-state index in [4.69, 9.17) is 0 Å². The maximum absolute atomic E-state index is 11.6. The van der Waals surface area contributed by atoms with E-state index in [2.05, 4.69) is 31.3 Å². The highest BCUT2D eigenvalue weighted by Crippen LogP contribution is 2.32. The minimum Gasteiger partial charge on any atom is -0.391 e. The Kier molecular flexibility index (Phi) is 5.71. The van der Waals surface area contributed by atoms with Crippen molar-refractivity contribution >= 4 is 21.6 Å². The van der Waals surface area contributed by atoms with E-state index in [-0.39, 0.29) is 22.8 Å². The van der Waals surface area contributed by atoms with Crippen molar-refractivity contribution < 1.29 is 13.5 Å². The highest BCUT2D eigenvalue weighted by molar-refractivity contribution is 8.02. The molecule has 0 amide bonds. The van der Waals surface area contributed by atoms with E-state index in [1.165, 1.54) is 17.3 Å². The van der Waals surface area contributed by atoms with Gasteiger partial charge in [-0.3, -0.25) is 0 Å². The molecular weight excluding hydrogens is 306 g/mol. The molecule has 0 aromatic heterocycles. The van der Waals surface area contributed by atoms with Gasteiger partial charge in [-0.25, -0.2) is 8.42 Å². The Bertz CT molecular complexity index is 574. The fourth-order valence-electron chi connectivity index (χ4n) is 2.42. The summed E-state index contributed by atoms with van der Waals surface area (Å²) in [6, 6.07) is 8.37. The van der Waals surface area contributed by atoms with Crippen LogP contribution in [0.25, 0.3) is 0 Å². The van der Waals surface area contributed by atoms with E-state index in [9.17, 15) is 13.5 Å². The summed E-state index contributed by atoms with van der Waals surface area (Å²) < 4.78 is 23.1. The summed E-state index contributed by atoms with van der Waals surface area (Å²) in [6.45, 7) is 5.22. The maximum atomic E-state index is 11.6. The number of nitrogens with one attached hydrogen (secondary N) is 1. The van der Waals surface area contributed by atoms with Gasteiger partial charge in [-0.2, -0.15) is 0 Å². The summed E-state index contributed by atoms with van der Waals surface area (Å²) in [6.07, 6.45) is 0.324. The zero-order chi connectivity index (χ0) is 15.5. The van der Waals surface area contributed by atoms with E-state index in [1.54, 1.807) is 0 Å². The molecule has 0 bridgehead atoms. The van der Waals surface area contributed by atoms with Gasteiger partial charge >= 0.3 is 0 Å². The molecule has 0 spiro atoms. The van der Waals surface area contributed by atoms with E-state index in [0.29, 0.717) is 0 Å². The van der Waals surface area contributed by atoms with Gasteiger partial charge in [-0.15, -0.1) is 11.8 Å². The molecule has 0 aliphatic carbocycles. The Morgan fingerprint density at radius 1 is 1.43 bits per heavy atom. The molecule has 2 N–H and O–H groups in total. The van der Waals surface area contributed by atoms with Crippen LogP contribution in [0.2, 0.25) is 0 Å². The van der Waals surface area contributed by atoms with Crippen molar-refractivity contribution in [2.75, 3.05) is 18.1 Å². The van der Waals surface area contributed by atoms with Gasteiger partial charge in [0.1, 0.15) is 0 Å². The number of hydrogen-bond acceptors (Lipinski definition) is 5. The van der Waals surface area contributed by atoms with Crippen LogP contribution in [0.4, 0.5) is 0 Å². The molecule has 1 fully saturated rings. The van der Waals surface area contributed by atoms with Crippen LogP contribution in [-0.2, 0) is 9.84 Å². The normalized spacial score (nSPS) is 25.9. The lowest BCUT2D eigenvalue weighted by atomic mass is 10.1.